The van der Waals surface area contributed by atoms with Crippen LogP contribution in [0.1, 0.15) is 80.8 Å². The number of ether oxygens (including phenoxy) is 1. The minimum absolute atomic E-state index is 0.0600. The van der Waals surface area contributed by atoms with Crippen LogP contribution in [0.4, 0.5) is 18.0 Å². The molecule has 12 nitrogen and oxygen atoms in total. The predicted molar refractivity (Wildman–Crippen MR) is 213 cm³/mol. The molecule has 0 spiro atoms. The van der Waals surface area contributed by atoms with Crippen molar-refractivity contribution in [2.24, 2.45) is 23.7 Å². The second-order valence-electron chi connectivity index (χ2n) is 16.2. The number of benzene rings is 2. The summed E-state index contributed by atoms with van der Waals surface area (Å²) >= 11 is 0. The van der Waals surface area contributed by atoms with Gasteiger partial charge in [0.2, 0.25) is 11.8 Å². The number of fused-ring (bicyclic) bond motifs is 2. The van der Waals surface area contributed by atoms with Crippen molar-refractivity contribution in [3.05, 3.63) is 102 Å². The van der Waals surface area contributed by atoms with Crippen LogP contribution in [0.3, 0.4) is 0 Å². The van der Waals surface area contributed by atoms with E-state index in [0.29, 0.717) is 12.4 Å². The Kier molecular flexibility index (Phi) is 11.0. The van der Waals surface area contributed by atoms with Gasteiger partial charge in [-0.25, -0.2) is 14.8 Å². The summed E-state index contributed by atoms with van der Waals surface area (Å²) in [5.41, 5.74) is 4.56. The van der Waals surface area contributed by atoms with Crippen molar-refractivity contribution in [2.75, 3.05) is 13.7 Å². The minimum atomic E-state index is -4.61. The minimum Gasteiger partial charge on any atom is -0.453 e. The zero-order chi connectivity index (χ0) is 41.4. The summed E-state index contributed by atoms with van der Waals surface area (Å²) in [7, 11) is 1.28. The molecule has 2 aromatic carbocycles. The second kappa shape index (κ2) is 16.3. The molecule has 4 N–H and O–H groups in total. The lowest BCUT2D eigenvalue weighted by Crippen LogP contribution is -2.51. The number of aromatic nitrogens is 5. The number of hydrogen-bond donors (Lipinski definition) is 4. The Balaban J connectivity index is 0.917. The Hall–Kier alpha value is -5.99. The van der Waals surface area contributed by atoms with E-state index in [1.54, 1.807) is 17.3 Å². The molecule has 3 amide bonds. The van der Waals surface area contributed by atoms with Crippen LogP contribution in [0.2, 0.25) is 0 Å². The summed E-state index contributed by atoms with van der Waals surface area (Å²) < 4.78 is 45.3. The molecular weight excluding hydrogens is 762 g/mol. The zero-order valence-electron chi connectivity index (χ0n) is 33.1. The number of carbonyl (C=O) groups is 3. The van der Waals surface area contributed by atoms with Gasteiger partial charge in [-0.15, -0.1) is 0 Å². The van der Waals surface area contributed by atoms with Gasteiger partial charge in [0, 0.05) is 30.8 Å². The van der Waals surface area contributed by atoms with E-state index in [-0.39, 0.29) is 59.6 Å². The molecule has 1 saturated heterocycles. The van der Waals surface area contributed by atoms with Crippen molar-refractivity contribution >= 4 is 17.9 Å². The van der Waals surface area contributed by atoms with Gasteiger partial charge in [0.1, 0.15) is 23.4 Å². The van der Waals surface area contributed by atoms with Crippen LogP contribution in [0.15, 0.2) is 79.3 Å². The number of rotatable bonds is 11. The number of halogens is 3. The number of likely N-dealkylation sites (tertiary alicyclic amines) is 1. The zero-order valence-corrected chi connectivity index (χ0v) is 33.1. The van der Waals surface area contributed by atoms with E-state index in [9.17, 15) is 27.6 Å². The molecule has 308 valence electrons. The first kappa shape index (κ1) is 39.8. The number of nitrogens with one attached hydrogen (secondary N) is 4. The number of aromatic amines is 2. The Morgan fingerprint density at radius 1 is 0.847 bits per heavy atom. The molecule has 59 heavy (non-hydrogen) atoms. The molecule has 8 rings (SSSR count). The maximum atomic E-state index is 13.6. The normalized spacial score (nSPS) is 21.8. The number of hydrogen-bond acceptors (Lipinski definition) is 7. The largest absolute Gasteiger partial charge is 0.453 e. The summed E-state index contributed by atoms with van der Waals surface area (Å²) in [5, 5.41) is 5.47. The topological polar surface area (TPSA) is 158 Å². The highest BCUT2D eigenvalue weighted by molar-refractivity contribution is 5.86. The number of carbonyl (C=O) groups excluding carboxylic acids is 3. The molecule has 3 fully saturated rings. The highest BCUT2D eigenvalue weighted by Crippen LogP contribution is 2.56. The van der Waals surface area contributed by atoms with Crippen molar-refractivity contribution in [3.8, 4) is 33.6 Å². The van der Waals surface area contributed by atoms with E-state index >= 15 is 0 Å². The molecule has 4 heterocycles. The Morgan fingerprint density at radius 2 is 1.46 bits per heavy atom. The van der Waals surface area contributed by atoms with Gasteiger partial charge >= 0.3 is 12.3 Å². The molecule has 2 saturated carbocycles. The van der Waals surface area contributed by atoms with Crippen molar-refractivity contribution in [2.45, 2.75) is 76.7 Å². The Labute approximate surface area is 339 Å². The summed E-state index contributed by atoms with van der Waals surface area (Å²) in [6.07, 6.45) is 3.83. The number of nitrogens with zero attached hydrogens (tertiary/aromatic N) is 4. The van der Waals surface area contributed by atoms with E-state index in [1.165, 1.54) is 19.2 Å². The van der Waals surface area contributed by atoms with E-state index in [4.69, 9.17) is 9.72 Å². The van der Waals surface area contributed by atoms with Crippen molar-refractivity contribution in [1.29, 1.82) is 0 Å². The maximum Gasteiger partial charge on any atom is 0.433 e. The Morgan fingerprint density at radius 3 is 2.08 bits per heavy atom. The van der Waals surface area contributed by atoms with Gasteiger partial charge < -0.3 is 30.2 Å². The third-order valence-corrected chi connectivity index (χ3v) is 12.3. The molecular formula is C44H47F3N8O4. The number of pyridine rings is 1. The monoisotopic (exact) mass is 808 g/mol. The number of amides is 3. The molecule has 2 bridgehead atoms. The van der Waals surface area contributed by atoms with Crippen molar-refractivity contribution in [3.63, 3.8) is 0 Å². The maximum absolute atomic E-state index is 13.6. The number of alkyl halides is 3. The van der Waals surface area contributed by atoms with E-state index < -0.39 is 24.0 Å². The van der Waals surface area contributed by atoms with E-state index in [1.807, 2.05) is 50.2 Å². The fraction of sp³-hybridized carbons (Fsp3) is 0.409. The van der Waals surface area contributed by atoms with Crippen LogP contribution in [0, 0.1) is 23.7 Å². The average molecular weight is 809 g/mol. The van der Waals surface area contributed by atoms with Gasteiger partial charge in [-0.1, -0.05) is 68.4 Å². The lowest BCUT2D eigenvalue weighted by molar-refractivity contribution is -0.142. The SMILES string of the molecule is COC(=O)N[C@H](C(=O)N1CCC[C@H]1c1ncc(-c2ccc(-c3ccc(-c4cnc([C@@H]5C6CCC(C6)C5C(=O)NCc5cccnc5C(F)(F)F)[nH]4)cc3)cc2)[nH]1)C(C)C. The van der Waals surface area contributed by atoms with E-state index in [0.717, 1.165) is 77.8 Å². The van der Waals surface area contributed by atoms with Crippen molar-refractivity contribution in [1.82, 2.24) is 40.5 Å². The highest BCUT2D eigenvalue weighted by atomic mass is 19.4. The third-order valence-electron chi connectivity index (χ3n) is 12.3. The molecule has 5 aromatic rings. The van der Waals surface area contributed by atoms with Crippen LogP contribution in [-0.4, -0.2) is 67.4 Å². The van der Waals surface area contributed by atoms with Gasteiger partial charge in [-0.2, -0.15) is 13.2 Å². The van der Waals surface area contributed by atoms with Gasteiger partial charge in [0.05, 0.1) is 42.9 Å². The van der Waals surface area contributed by atoms with Crippen LogP contribution in [0.25, 0.3) is 33.6 Å². The fourth-order valence-corrected chi connectivity index (χ4v) is 9.38. The van der Waals surface area contributed by atoms with Crippen molar-refractivity contribution < 1.29 is 32.3 Å². The van der Waals surface area contributed by atoms with Crippen LogP contribution in [-0.2, 0) is 27.0 Å². The molecule has 2 aliphatic carbocycles. The van der Waals surface area contributed by atoms with Crippen LogP contribution < -0.4 is 10.6 Å². The molecule has 0 radical (unpaired) electrons. The van der Waals surface area contributed by atoms with Gasteiger partial charge in [-0.3, -0.25) is 14.6 Å². The number of imidazole rings is 2. The summed E-state index contributed by atoms with van der Waals surface area (Å²) in [6.45, 7) is 4.11. The second-order valence-corrected chi connectivity index (χ2v) is 16.2. The number of H-pyrrole nitrogens is 2. The molecule has 3 aliphatic rings. The third kappa shape index (κ3) is 8.06. The lowest BCUT2D eigenvalue weighted by Gasteiger charge is -2.30. The molecule has 15 heteroatoms. The van der Waals surface area contributed by atoms with E-state index in [2.05, 4.69) is 42.7 Å². The number of alkyl carbamates (subject to hydrolysis) is 1. The Bertz CT molecular complexity index is 2310. The number of methoxy groups -OCH3 is 1. The molecule has 1 aliphatic heterocycles. The standard InChI is InChI=1S/C44H47F3N8O4/c1-24(2)37(54-43(58)59-3)42(57)55-19-5-7-34(55)39-49-22-32(52-39)27-12-8-25(9-13-27)26-10-14-28(15-11-26)33-23-50-40(53-33)35-29-16-17-30(20-29)36(35)41(56)51-21-31-6-4-18-48-38(31)44(45,46)47/h4,6,8-15,18,22-24,29-30,34-37H,5,7,16-17,19-21H2,1-3H3,(H,49,52)(H,50,53)(H,51,56)(H,54,58)/t29?,30?,34-,35+,36?,37-/m0/s1. The van der Waals surface area contributed by atoms with Crippen LogP contribution in [0.5, 0.6) is 0 Å². The summed E-state index contributed by atoms with van der Waals surface area (Å²) in [5.74, 6) is 0.822. The summed E-state index contributed by atoms with van der Waals surface area (Å²) in [4.78, 5) is 60.7. The highest BCUT2D eigenvalue weighted by Gasteiger charge is 2.52. The van der Waals surface area contributed by atoms with Gasteiger partial charge in [0.15, 0.2) is 0 Å². The van der Waals surface area contributed by atoms with Crippen LogP contribution >= 0.6 is 0 Å². The first-order valence-electron chi connectivity index (χ1n) is 20.1. The lowest BCUT2D eigenvalue weighted by atomic mass is 9.78. The molecule has 3 aromatic heterocycles. The molecule has 3 unspecified atom stereocenters. The summed E-state index contributed by atoms with van der Waals surface area (Å²) in [6, 6.07) is 18.2. The first-order chi connectivity index (χ1) is 28.4. The fourth-order valence-electron chi connectivity index (χ4n) is 9.38. The predicted octanol–water partition coefficient (Wildman–Crippen LogP) is 8.04. The smallest absolute Gasteiger partial charge is 0.433 e. The van der Waals surface area contributed by atoms with Gasteiger partial charge in [0.25, 0.3) is 0 Å². The quantitative estimate of drug-likeness (QED) is 0.105. The average Bonchev–Trinajstić information content (AvgIpc) is 4.10. The molecule has 6 atom stereocenters. The van der Waals surface area contributed by atoms with Gasteiger partial charge in [-0.05, 0) is 78.2 Å². The first-order valence-corrected chi connectivity index (χ1v) is 20.1.